The molecule has 1 saturated heterocycles. The molecule has 1 aromatic heterocycles. The van der Waals surface area contributed by atoms with Crippen molar-refractivity contribution in [3.05, 3.63) is 63.6 Å². The number of aromatic nitrogens is 2. The average molecular weight is 361 g/mol. The van der Waals surface area contributed by atoms with Gasteiger partial charge in [0.25, 0.3) is 5.56 Å². The number of benzene rings is 1. The van der Waals surface area contributed by atoms with Crippen LogP contribution in [0.4, 0.5) is 8.78 Å². The lowest BCUT2D eigenvalue weighted by Crippen LogP contribution is -2.37. The minimum atomic E-state index is -0.780. The van der Waals surface area contributed by atoms with E-state index in [1.54, 1.807) is 6.20 Å². The fourth-order valence-corrected chi connectivity index (χ4v) is 3.36. The topological polar surface area (TPSA) is 66.1 Å². The number of nitrogens with one attached hydrogen (secondary N) is 1. The molecule has 0 atom stereocenters. The van der Waals surface area contributed by atoms with Gasteiger partial charge < -0.3 is 4.98 Å². The molecule has 0 unspecified atom stereocenters. The fraction of sp³-hybridized carbons (Fsp3) is 0.421. The van der Waals surface area contributed by atoms with E-state index < -0.39 is 12.5 Å². The third kappa shape index (κ3) is 4.22. The molecular weight excluding hydrogens is 340 g/mol. The van der Waals surface area contributed by atoms with E-state index in [0.717, 1.165) is 0 Å². The summed E-state index contributed by atoms with van der Waals surface area (Å²) in [6, 6.07) is 4.23. The summed E-state index contributed by atoms with van der Waals surface area (Å²) in [6.07, 6.45) is 4.25. The Hall–Kier alpha value is -2.41. The lowest BCUT2D eigenvalue weighted by molar-refractivity contribution is -0.123. The van der Waals surface area contributed by atoms with Crippen LogP contribution in [0.5, 0.6) is 0 Å². The maximum atomic E-state index is 13.9. The number of H-pyrrole nitrogens is 1. The zero-order chi connectivity index (χ0) is 18.5. The lowest BCUT2D eigenvalue weighted by atomic mass is 9.88. The van der Waals surface area contributed by atoms with Crippen molar-refractivity contribution in [2.75, 3.05) is 13.1 Å². The van der Waals surface area contributed by atoms with E-state index in [9.17, 15) is 18.4 Å². The third-order valence-corrected chi connectivity index (χ3v) is 4.91. The lowest BCUT2D eigenvalue weighted by Gasteiger charge is -2.30. The molecule has 5 nitrogen and oxygen atoms in total. The van der Waals surface area contributed by atoms with Gasteiger partial charge in [-0.1, -0.05) is 12.1 Å². The van der Waals surface area contributed by atoms with Crippen LogP contribution < -0.4 is 5.56 Å². The van der Waals surface area contributed by atoms with Crippen molar-refractivity contribution in [2.45, 2.75) is 32.5 Å². The zero-order valence-electron chi connectivity index (χ0n) is 14.4. The van der Waals surface area contributed by atoms with E-state index in [0.29, 0.717) is 38.2 Å². The number of Topliss-reactive ketones (excluding diaryl/α,β-unsaturated/α-hetero) is 1. The van der Waals surface area contributed by atoms with Crippen molar-refractivity contribution in [2.24, 2.45) is 5.92 Å². The monoisotopic (exact) mass is 361 g/mol. The summed E-state index contributed by atoms with van der Waals surface area (Å²) < 4.78 is 27.0. The quantitative estimate of drug-likeness (QED) is 0.858. The van der Waals surface area contributed by atoms with Crippen molar-refractivity contribution in [1.82, 2.24) is 14.9 Å². The SMILES string of the molecule is O=C(Cc1c(F)cccc1CF)C1CCN(Cc2ncc[nH]c2=O)CC1. The predicted molar refractivity (Wildman–Crippen MR) is 92.8 cm³/mol. The number of alkyl halides is 1. The summed E-state index contributed by atoms with van der Waals surface area (Å²) in [5.41, 5.74) is 0.660. The fourth-order valence-electron chi connectivity index (χ4n) is 3.36. The number of nitrogens with zero attached hydrogens (tertiary/aromatic N) is 2. The number of carbonyl (C=O) groups excluding carboxylic acids is 1. The molecule has 0 radical (unpaired) electrons. The summed E-state index contributed by atoms with van der Waals surface area (Å²) in [4.78, 5) is 33.0. The third-order valence-electron chi connectivity index (χ3n) is 4.91. The molecular formula is C19H21F2N3O2. The molecule has 0 saturated carbocycles. The van der Waals surface area contributed by atoms with Crippen LogP contribution in [0, 0.1) is 11.7 Å². The second kappa shape index (κ2) is 8.31. The van der Waals surface area contributed by atoms with E-state index >= 15 is 0 Å². The van der Waals surface area contributed by atoms with Crippen LogP contribution in [0.15, 0.2) is 35.4 Å². The summed E-state index contributed by atoms with van der Waals surface area (Å²) in [7, 11) is 0. The smallest absolute Gasteiger partial charge is 0.270 e. The first-order chi connectivity index (χ1) is 12.6. The molecule has 0 aliphatic carbocycles. The highest BCUT2D eigenvalue weighted by atomic mass is 19.1. The van der Waals surface area contributed by atoms with Gasteiger partial charge in [0, 0.05) is 36.8 Å². The zero-order valence-corrected chi connectivity index (χ0v) is 14.4. The molecule has 1 N–H and O–H groups in total. The molecule has 0 amide bonds. The molecule has 0 bridgehead atoms. The Labute approximate surface area is 150 Å². The molecule has 1 aliphatic heterocycles. The average Bonchev–Trinajstić information content (AvgIpc) is 2.65. The Morgan fingerprint density at radius 2 is 2.08 bits per heavy atom. The number of hydrogen-bond donors (Lipinski definition) is 1. The van der Waals surface area contributed by atoms with Crippen molar-refractivity contribution >= 4 is 5.78 Å². The largest absolute Gasteiger partial charge is 0.326 e. The minimum absolute atomic E-state index is 0.0554. The van der Waals surface area contributed by atoms with Gasteiger partial charge in [-0.05, 0) is 37.6 Å². The molecule has 1 aliphatic rings. The minimum Gasteiger partial charge on any atom is -0.326 e. The molecule has 1 aromatic carbocycles. The first-order valence-corrected chi connectivity index (χ1v) is 8.68. The van der Waals surface area contributed by atoms with E-state index in [1.807, 2.05) is 0 Å². The molecule has 2 heterocycles. The highest BCUT2D eigenvalue weighted by Crippen LogP contribution is 2.23. The van der Waals surface area contributed by atoms with E-state index in [4.69, 9.17) is 0 Å². The predicted octanol–water partition coefficient (Wildman–Crippen LogP) is 2.40. The second-order valence-corrected chi connectivity index (χ2v) is 6.57. The maximum Gasteiger partial charge on any atom is 0.270 e. The number of halogens is 2. The van der Waals surface area contributed by atoms with Gasteiger partial charge in [-0.15, -0.1) is 0 Å². The van der Waals surface area contributed by atoms with Crippen molar-refractivity contribution < 1.29 is 13.6 Å². The van der Waals surface area contributed by atoms with Crippen LogP contribution in [0.25, 0.3) is 0 Å². The summed E-state index contributed by atoms with van der Waals surface area (Å²) >= 11 is 0. The molecule has 138 valence electrons. The van der Waals surface area contributed by atoms with E-state index in [2.05, 4.69) is 14.9 Å². The van der Waals surface area contributed by atoms with Gasteiger partial charge in [0.15, 0.2) is 0 Å². The van der Waals surface area contributed by atoms with Crippen LogP contribution in [0.2, 0.25) is 0 Å². The number of hydrogen-bond acceptors (Lipinski definition) is 4. The summed E-state index contributed by atoms with van der Waals surface area (Å²) in [5, 5.41) is 0. The molecule has 26 heavy (non-hydrogen) atoms. The van der Waals surface area contributed by atoms with Gasteiger partial charge >= 0.3 is 0 Å². The standard InChI is InChI=1S/C19H21F2N3O2/c20-11-14-2-1-3-16(21)15(14)10-18(25)13-4-8-24(9-5-13)12-17-19(26)23-7-6-22-17/h1-3,6-7,13H,4-5,8-12H2,(H,23,26). The molecule has 2 aromatic rings. The van der Waals surface area contributed by atoms with Crippen LogP contribution in [0.1, 0.15) is 29.7 Å². The van der Waals surface area contributed by atoms with Gasteiger partial charge in [-0.3, -0.25) is 19.5 Å². The van der Waals surface area contributed by atoms with Crippen molar-refractivity contribution in [3.8, 4) is 0 Å². The number of ketones is 1. The van der Waals surface area contributed by atoms with Crippen LogP contribution in [0.3, 0.4) is 0 Å². The van der Waals surface area contributed by atoms with E-state index in [-0.39, 0.29) is 34.8 Å². The highest BCUT2D eigenvalue weighted by molar-refractivity contribution is 5.83. The number of likely N-dealkylation sites (tertiary alicyclic amines) is 1. The van der Waals surface area contributed by atoms with Crippen molar-refractivity contribution in [3.63, 3.8) is 0 Å². The second-order valence-electron chi connectivity index (χ2n) is 6.57. The molecule has 0 spiro atoms. The molecule has 7 heteroatoms. The number of piperidine rings is 1. The number of rotatable bonds is 6. The highest BCUT2D eigenvalue weighted by Gasteiger charge is 2.26. The number of aromatic amines is 1. The van der Waals surface area contributed by atoms with Crippen LogP contribution >= 0.6 is 0 Å². The molecule has 3 rings (SSSR count). The Morgan fingerprint density at radius 3 is 2.77 bits per heavy atom. The Morgan fingerprint density at radius 1 is 1.31 bits per heavy atom. The van der Waals surface area contributed by atoms with Crippen LogP contribution in [-0.2, 0) is 24.4 Å². The number of carbonyl (C=O) groups is 1. The van der Waals surface area contributed by atoms with Gasteiger partial charge in [-0.25, -0.2) is 8.78 Å². The Kier molecular flexibility index (Phi) is 5.88. The Bertz CT molecular complexity index is 830. The van der Waals surface area contributed by atoms with Gasteiger partial charge in [-0.2, -0.15) is 0 Å². The normalized spacial score (nSPS) is 15.9. The molecule has 1 fully saturated rings. The van der Waals surface area contributed by atoms with Gasteiger partial charge in [0.2, 0.25) is 0 Å². The first-order valence-electron chi connectivity index (χ1n) is 8.68. The van der Waals surface area contributed by atoms with Crippen LogP contribution in [-0.4, -0.2) is 33.7 Å². The Balaban J connectivity index is 1.57. The summed E-state index contributed by atoms with van der Waals surface area (Å²) in [6.45, 7) is 0.993. The first kappa shape index (κ1) is 18.4. The van der Waals surface area contributed by atoms with Crippen molar-refractivity contribution in [1.29, 1.82) is 0 Å². The van der Waals surface area contributed by atoms with Gasteiger partial charge in [0.1, 0.15) is 24.0 Å². The summed E-state index contributed by atoms with van der Waals surface area (Å²) in [5.74, 6) is -0.749. The maximum absolute atomic E-state index is 13.9. The van der Waals surface area contributed by atoms with Gasteiger partial charge in [0.05, 0.1) is 0 Å². The van der Waals surface area contributed by atoms with E-state index in [1.165, 1.54) is 24.4 Å².